The highest BCUT2D eigenvalue weighted by Crippen LogP contribution is 2.41. The van der Waals surface area contributed by atoms with Crippen LogP contribution in [0.15, 0.2) is 271 Å². The number of benzene rings is 12. The molecule has 0 N–H and O–H groups in total. The Hall–Kier alpha value is -9.44. The molecule has 17 rings (SSSR count). The van der Waals surface area contributed by atoms with Crippen LogP contribution < -0.4 is 5.46 Å². The minimum atomic E-state index is -0.411. The first-order chi connectivity index (χ1) is 41.0. The summed E-state index contributed by atoms with van der Waals surface area (Å²) in [7, 11) is -0.411. The highest BCUT2D eigenvalue weighted by atomic mass is 79.9. The maximum Gasteiger partial charge on any atom is 0.494 e. The normalized spacial score (nSPS) is 13.8. The number of halogens is 1. The molecule has 0 saturated carbocycles. The topological polar surface area (TPSA) is 53.1 Å². The molecule has 0 aliphatic carbocycles. The molecular weight excluding hydrogens is 1090 g/mol. The van der Waals surface area contributed by atoms with Crippen molar-refractivity contribution in [2.24, 2.45) is 0 Å². The van der Waals surface area contributed by atoms with E-state index in [1.165, 1.54) is 92.8 Å². The third kappa shape index (κ3) is 8.79. The lowest BCUT2D eigenvalue weighted by Gasteiger charge is -2.32. The Morgan fingerprint density at radius 2 is 0.714 bits per heavy atom. The van der Waals surface area contributed by atoms with Crippen molar-refractivity contribution >= 4 is 127 Å². The number of imidazole rings is 2. The van der Waals surface area contributed by atoms with Crippen molar-refractivity contribution in [1.82, 2.24) is 18.8 Å². The van der Waals surface area contributed by atoms with E-state index in [1.807, 2.05) is 12.1 Å². The van der Waals surface area contributed by atoms with Crippen LogP contribution in [0.5, 0.6) is 0 Å². The summed E-state index contributed by atoms with van der Waals surface area (Å²) < 4.78 is 18.5. The molecule has 6 nitrogen and oxygen atoms in total. The largest absolute Gasteiger partial charge is 0.494 e. The zero-order valence-corrected chi connectivity index (χ0v) is 48.6. The van der Waals surface area contributed by atoms with E-state index in [0.717, 1.165) is 48.8 Å². The summed E-state index contributed by atoms with van der Waals surface area (Å²) in [5, 5.41) is 12.2. The number of pyridine rings is 2. The summed E-state index contributed by atoms with van der Waals surface area (Å²) in [5.74, 6) is 0. The zero-order valence-electron chi connectivity index (χ0n) is 47.0. The van der Waals surface area contributed by atoms with Gasteiger partial charge < -0.3 is 9.31 Å². The van der Waals surface area contributed by atoms with Crippen molar-refractivity contribution in [2.75, 3.05) is 0 Å². The van der Waals surface area contributed by atoms with Crippen LogP contribution in [0.2, 0.25) is 0 Å². The molecule has 1 saturated heterocycles. The first kappa shape index (κ1) is 51.4. The maximum atomic E-state index is 6.38. The van der Waals surface area contributed by atoms with E-state index in [0.29, 0.717) is 0 Å². The van der Waals surface area contributed by atoms with Crippen molar-refractivity contribution < 1.29 is 9.31 Å². The SMILES string of the molecule is Brc1ccc(-c2ccccc2)cc1.CC1(C)OB(c2ccc3c4ccc5ccccc5c4c4nc5ccccc5n4c3c2)OC1(C)C.c1ccc(-c2ccc(-c3ccc4c5ccc6ccccc6c5c5nc6ccccc6n5c4c3)cc2)cc1. The Balaban J connectivity index is 0.000000118. The molecule has 0 amide bonds. The minimum Gasteiger partial charge on any atom is -0.399 e. The van der Waals surface area contributed by atoms with E-state index in [-0.39, 0.29) is 11.2 Å². The number of para-hydroxylation sites is 4. The van der Waals surface area contributed by atoms with Gasteiger partial charge in [0.25, 0.3) is 0 Å². The predicted molar refractivity (Wildman–Crippen MR) is 357 cm³/mol. The van der Waals surface area contributed by atoms with Gasteiger partial charge in [-0.3, -0.25) is 8.80 Å². The molecule has 402 valence electrons. The molecule has 1 fully saturated rings. The van der Waals surface area contributed by atoms with Crippen LogP contribution in [0.4, 0.5) is 0 Å². The van der Waals surface area contributed by atoms with Gasteiger partial charge in [0.15, 0.2) is 0 Å². The molecule has 4 aromatic heterocycles. The van der Waals surface area contributed by atoms with Gasteiger partial charge in [0.1, 0.15) is 11.3 Å². The lowest BCUT2D eigenvalue weighted by Crippen LogP contribution is -2.41. The van der Waals surface area contributed by atoms with Gasteiger partial charge in [0, 0.05) is 26.0 Å². The van der Waals surface area contributed by atoms with Gasteiger partial charge >= 0.3 is 7.12 Å². The van der Waals surface area contributed by atoms with Crippen molar-refractivity contribution in [3.8, 4) is 33.4 Å². The first-order valence-corrected chi connectivity index (χ1v) is 29.5. The van der Waals surface area contributed by atoms with E-state index < -0.39 is 7.12 Å². The molecule has 0 unspecified atom stereocenters. The third-order valence-electron chi connectivity index (χ3n) is 17.3. The van der Waals surface area contributed by atoms with Crippen molar-refractivity contribution in [2.45, 2.75) is 38.9 Å². The van der Waals surface area contributed by atoms with Gasteiger partial charge in [-0.05, 0) is 147 Å². The van der Waals surface area contributed by atoms with Gasteiger partial charge in [-0.15, -0.1) is 0 Å². The third-order valence-corrected chi connectivity index (χ3v) is 17.8. The van der Waals surface area contributed by atoms with Crippen molar-refractivity contribution in [1.29, 1.82) is 0 Å². The highest BCUT2D eigenvalue weighted by molar-refractivity contribution is 9.10. The average molecular weight is 1150 g/mol. The fourth-order valence-corrected chi connectivity index (χ4v) is 12.6. The minimum absolute atomic E-state index is 0.383. The number of hydrogen-bond acceptors (Lipinski definition) is 4. The Morgan fingerprint density at radius 1 is 0.333 bits per heavy atom. The molecular formula is C76H56BBrN4O2. The quantitative estimate of drug-likeness (QED) is 0.130. The molecule has 16 aromatic rings. The van der Waals surface area contributed by atoms with E-state index >= 15 is 0 Å². The number of fused-ring (bicyclic) bond motifs is 20. The van der Waals surface area contributed by atoms with Crippen LogP contribution in [-0.2, 0) is 9.31 Å². The summed E-state index contributed by atoms with van der Waals surface area (Å²) >= 11 is 3.42. The summed E-state index contributed by atoms with van der Waals surface area (Å²) in [4.78, 5) is 10.3. The van der Waals surface area contributed by atoms with E-state index in [9.17, 15) is 0 Å². The van der Waals surface area contributed by atoms with Crippen LogP contribution >= 0.6 is 15.9 Å². The molecule has 0 bridgehead atoms. The van der Waals surface area contributed by atoms with Crippen molar-refractivity contribution in [3.63, 3.8) is 0 Å². The van der Waals surface area contributed by atoms with E-state index in [1.54, 1.807) is 0 Å². The maximum absolute atomic E-state index is 6.38. The fourth-order valence-electron chi connectivity index (χ4n) is 12.3. The highest BCUT2D eigenvalue weighted by Gasteiger charge is 2.51. The summed E-state index contributed by atoms with van der Waals surface area (Å²) in [5.41, 5.74) is 16.2. The second-order valence-electron chi connectivity index (χ2n) is 22.9. The number of aromatic nitrogens is 4. The Bertz CT molecular complexity index is 5200. The van der Waals surface area contributed by atoms with Crippen molar-refractivity contribution in [3.05, 3.63) is 271 Å². The summed E-state index contributed by atoms with van der Waals surface area (Å²) in [6, 6.07) is 94.4. The number of nitrogens with zero attached hydrogens (tertiary/aromatic N) is 4. The van der Waals surface area contributed by atoms with Crippen LogP contribution in [-0.4, -0.2) is 37.1 Å². The molecule has 0 spiro atoms. The fraction of sp³-hybridized carbons (Fsp3) is 0.0789. The molecule has 0 radical (unpaired) electrons. The smallest absolute Gasteiger partial charge is 0.399 e. The van der Waals surface area contributed by atoms with Gasteiger partial charge in [0.2, 0.25) is 0 Å². The first-order valence-electron chi connectivity index (χ1n) is 28.7. The van der Waals surface area contributed by atoms with Crippen LogP contribution in [0.25, 0.3) is 132 Å². The second-order valence-corrected chi connectivity index (χ2v) is 23.8. The molecule has 84 heavy (non-hydrogen) atoms. The zero-order chi connectivity index (χ0) is 56.7. The molecule has 1 aliphatic heterocycles. The average Bonchev–Trinajstić information content (AvgIpc) is 1.55. The standard InChI is InChI=1S/C35H22N2.C29H25BN2O2.C12H9Br/c1-2-8-23(9-3-1)24-14-16-25(17-15-24)27-19-20-29-30-21-18-26-10-4-5-11-28(26)34(30)35-36-31-12-6-7-13-32(31)37(35)33(29)22-27;1-28(2)29(3,4)34-30(33-28)19-14-16-21-22-15-13-18-9-5-6-10-20(18)26(22)27-31-23-11-7-8-12-24(23)32(27)25(21)17-19;13-12-8-6-11(7-9-12)10-4-2-1-3-5-10/h1-22H;5-17H,1-4H3;1-9H. The summed E-state index contributed by atoms with van der Waals surface area (Å²) in [6.07, 6.45) is 0. The number of hydrogen-bond donors (Lipinski definition) is 0. The molecule has 1 aliphatic rings. The second kappa shape index (κ2) is 20.5. The van der Waals surface area contributed by atoms with Gasteiger partial charge in [-0.1, -0.05) is 234 Å². The van der Waals surface area contributed by atoms with Crippen LogP contribution in [0.1, 0.15) is 27.7 Å². The molecule has 12 aromatic carbocycles. The Labute approximate surface area is 495 Å². The lowest BCUT2D eigenvalue weighted by molar-refractivity contribution is 0.00578. The molecule has 5 heterocycles. The lowest BCUT2D eigenvalue weighted by atomic mass is 9.78. The van der Waals surface area contributed by atoms with Crippen LogP contribution in [0, 0.1) is 0 Å². The number of rotatable bonds is 4. The predicted octanol–water partition coefficient (Wildman–Crippen LogP) is 19.6. The molecule has 8 heteroatoms. The Morgan fingerprint density at radius 3 is 1.23 bits per heavy atom. The monoisotopic (exact) mass is 1150 g/mol. The van der Waals surface area contributed by atoms with Gasteiger partial charge in [0.05, 0.1) is 44.3 Å². The summed E-state index contributed by atoms with van der Waals surface area (Å²) in [6.45, 7) is 8.37. The Kier molecular flexibility index (Phi) is 12.5. The van der Waals surface area contributed by atoms with Crippen LogP contribution in [0.3, 0.4) is 0 Å². The van der Waals surface area contributed by atoms with E-state index in [2.05, 4.69) is 307 Å². The molecule has 0 atom stereocenters. The van der Waals surface area contributed by atoms with Gasteiger partial charge in [-0.2, -0.15) is 0 Å². The van der Waals surface area contributed by atoms with E-state index in [4.69, 9.17) is 19.3 Å². The van der Waals surface area contributed by atoms with Gasteiger partial charge in [-0.25, -0.2) is 9.97 Å².